The lowest BCUT2D eigenvalue weighted by Crippen LogP contribution is -2.18. The molecule has 0 fully saturated rings. The van der Waals surface area contributed by atoms with Gasteiger partial charge in [-0.1, -0.05) is 13.8 Å². The maximum Gasteiger partial charge on any atom is 0.509 e. The third kappa shape index (κ3) is 5.97. The van der Waals surface area contributed by atoms with Gasteiger partial charge in [0.1, 0.15) is 6.10 Å². The van der Waals surface area contributed by atoms with E-state index in [0.29, 0.717) is 5.92 Å². The van der Waals surface area contributed by atoms with Gasteiger partial charge in [-0.25, -0.2) is 10.5 Å². The average molecular weight is 174 g/mol. The Morgan fingerprint density at radius 1 is 1.42 bits per heavy atom. The van der Waals surface area contributed by atoms with Gasteiger partial charge in [-0.15, -0.1) is 0 Å². The molecule has 0 amide bonds. The second-order valence-corrected chi connectivity index (χ2v) is 3.10. The van der Waals surface area contributed by atoms with Crippen LogP contribution in [0.25, 0.3) is 0 Å². The molecular weight excluding hydrogens is 158 g/mol. The van der Waals surface area contributed by atoms with Gasteiger partial charge in [-0.05, 0) is 19.3 Å². The van der Waals surface area contributed by atoms with Crippen molar-refractivity contribution in [3.63, 3.8) is 0 Å². The summed E-state index contributed by atoms with van der Waals surface area (Å²) in [5, 5.41) is 0. The fourth-order valence-electron chi connectivity index (χ4n) is 0.969. The molecule has 0 aliphatic heterocycles. The van der Waals surface area contributed by atoms with Crippen molar-refractivity contribution in [2.75, 3.05) is 6.73 Å². The van der Waals surface area contributed by atoms with Crippen molar-refractivity contribution in [3.05, 3.63) is 0 Å². The number of carbonyl (C=O) groups is 1. The molecule has 1 radical (unpaired) electrons. The molecule has 1 unspecified atom stereocenters. The van der Waals surface area contributed by atoms with Crippen molar-refractivity contribution in [1.29, 1.82) is 0 Å². The Kier molecular flexibility index (Phi) is 5.45. The lowest BCUT2D eigenvalue weighted by atomic mass is 10.1. The first kappa shape index (κ1) is 11.2. The molecular formula is C8H16NO3. The third-order valence-corrected chi connectivity index (χ3v) is 1.29. The highest BCUT2D eigenvalue weighted by Gasteiger charge is 2.11. The minimum Gasteiger partial charge on any atom is -0.431 e. The van der Waals surface area contributed by atoms with Crippen LogP contribution in [-0.4, -0.2) is 19.0 Å². The Morgan fingerprint density at radius 2 is 2.00 bits per heavy atom. The van der Waals surface area contributed by atoms with Crippen LogP contribution in [0.5, 0.6) is 0 Å². The standard InChI is InChI=1S/C8H16NO3/c1-6(2)4-7(3)12-8(10)11-5-9/h6-7,9H,4-5H2,1-3H3. The lowest BCUT2D eigenvalue weighted by molar-refractivity contribution is 0.0236. The van der Waals surface area contributed by atoms with Crippen LogP contribution in [0.3, 0.4) is 0 Å². The molecule has 1 N–H and O–H groups in total. The molecule has 0 aromatic heterocycles. The normalized spacial score (nSPS) is 12.8. The van der Waals surface area contributed by atoms with Crippen molar-refractivity contribution in [3.8, 4) is 0 Å². The van der Waals surface area contributed by atoms with Crippen LogP contribution < -0.4 is 5.73 Å². The average Bonchev–Trinajstić information content (AvgIpc) is 1.84. The predicted octanol–water partition coefficient (Wildman–Crippen LogP) is 1.81. The molecule has 4 heteroatoms. The molecule has 0 aliphatic carbocycles. The second kappa shape index (κ2) is 5.83. The summed E-state index contributed by atoms with van der Waals surface area (Å²) in [6, 6.07) is 0. The molecule has 0 aromatic carbocycles. The topological polar surface area (TPSA) is 59.3 Å². The van der Waals surface area contributed by atoms with Gasteiger partial charge < -0.3 is 9.47 Å². The molecule has 71 valence electrons. The van der Waals surface area contributed by atoms with Crippen LogP contribution >= 0.6 is 0 Å². The first-order chi connectivity index (χ1) is 5.56. The highest BCUT2D eigenvalue weighted by atomic mass is 16.7. The van der Waals surface area contributed by atoms with Crippen LogP contribution in [0.2, 0.25) is 0 Å². The van der Waals surface area contributed by atoms with E-state index in [1.807, 2.05) is 6.92 Å². The molecule has 1 atom stereocenters. The largest absolute Gasteiger partial charge is 0.509 e. The Bertz CT molecular complexity index is 136. The zero-order valence-corrected chi connectivity index (χ0v) is 7.79. The summed E-state index contributed by atoms with van der Waals surface area (Å²) in [5.74, 6) is 0.490. The molecule has 0 saturated heterocycles. The zero-order chi connectivity index (χ0) is 9.56. The minimum atomic E-state index is -0.752. The Balaban J connectivity index is 3.54. The highest BCUT2D eigenvalue weighted by molar-refractivity contribution is 5.59. The summed E-state index contributed by atoms with van der Waals surface area (Å²) in [6.07, 6.45) is -0.0743. The van der Waals surface area contributed by atoms with Gasteiger partial charge in [-0.3, -0.25) is 0 Å². The molecule has 0 rings (SSSR count). The van der Waals surface area contributed by atoms with E-state index in [0.717, 1.165) is 6.42 Å². The van der Waals surface area contributed by atoms with Gasteiger partial charge in [-0.2, -0.15) is 0 Å². The van der Waals surface area contributed by atoms with Gasteiger partial charge >= 0.3 is 6.16 Å². The quantitative estimate of drug-likeness (QED) is 0.611. The van der Waals surface area contributed by atoms with Gasteiger partial charge in [0, 0.05) is 0 Å². The van der Waals surface area contributed by atoms with Gasteiger partial charge in [0.25, 0.3) is 0 Å². The van der Waals surface area contributed by atoms with E-state index < -0.39 is 6.16 Å². The summed E-state index contributed by atoms with van der Waals surface area (Å²) in [7, 11) is 0. The molecule has 0 spiro atoms. The zero-order valence-electron chi connectivity index (χ0n) is 7.79. The number of nitrogens with one attached hydrogen (secondary N) is 1. The van der Waals surface area contributed by atoms with Crippen molar-refractivity contribution in [1.82, 2.24) is 5.73 Å². The monoisotopic (exact) mass is 174 g/mol. The molecule has 0 heterocycles. The first-order valence-corrected chi connectivity index (χ1v) is 4.04. The molecule has 0 saturated carbocycles. The number of rotatable bonds is 4. The van der Waals surface area contributed by atoms with E-state index in [-0.39, 0.29) is 12.8 Å². The fraction of sp³-hybridized carbons (Fsp3) is 0.875. The maximum atomic E-state index is 10.7. The van der Waals surface area contributed by atoms with E-state index in [4.69, 9.17) is 10.5 Å². The summed E-state index contributed by atoms with van der Waals surface area (Å²) < 4.78 is 9.12. The molecule has 0 aromatic rings. The minimum absolute atomic E-state index is 0.135. The van der Waals surface area contributed by atoms with Crippen LogP contribution in [0, 0.1) is 5.92 Å². The molecule has 0 bridgehead atoms. The van der Waals surface area contributed by atoms with Crippen molar-refractivity contribution in [2.24, 2.45) is 5.92 Å². The van der Waals surface area contributed by atoms with E-state index in [1.54, 1.807) is 0 Å². The summed E-state index contributed by atoms with van der Waals surface area (Å²) in [5.41, 5.74) is 6.60. The van der Waals surface area contributed by atoms with Crippen molar-refractivity contribution < 1.29 is 14.3 Å². The van der Waals surface area contributed by atoms with E-state index >= 15 is 0 Å². The SMILES string of the molecule is CC(C)CC(C)OC(=O)OC[NH]. The molecule has 0 aliphatic rings. The number of hydrogen-bond donors (Lipinski definition) is 0. The fourth-order valence-corrected chi connectivity index (χ4v) is 0.969. The van der Waals surface area contributed by atoms with Crippen LogP contribution in [0.15, 0.2) is 0 Å². The van der Waals surface area contributed by atoms with Crippen molar-refractivity contribution in [2.45, 2.75) is 33.3 Å². The number of carbonyl (C=O) groups excluding carboxylic acids is 1. The Hall–Kier alpha value is -0.770. The number of ether oxygens (including phenoxy) is 2. The van der Waals surface area contributed by atoms with Crippen LogP contribution in [0.4, 0.5) is 4.79 Å². The molecule has 4 nitrogen and oxygen atoms in total. The first-order valence-electron chi connectivity index (χ1n) is 4.04. The van der Waals surface area contributed by atoms with E-state index in [9.17, 15) is 4.79 Å². The predicted molar refractivity (Wildman–Crippen MR) is 44.4 cm³/mol. The second-order valence-electron chi connectivity index (χ2n) is 3.10. The summed E-state index contributed by atoms with van der Waals surface area (Å²) >= 11 is 0. The Labute approximate surface area is 73.0 Å². The van der Waals surface area contributed by atoms with Gasteiger partial charge in [0.05, 0.1) is 0 Å². The summed E-state index contributed by atoms with van der Waals surface area (Å²) in [6.45, 7) is 5.53. The van der Waals surface area contributed by atoms with Gasteiger partial charge in [0.2, 0.25) is 0 Å². The van der Waals surface area contributed by atoms with Gasteiger partial charge in [0.15, 0.2) is 6.73 Å². The van der Waals surface area contributed by atoms with Crippen LogP contribution in [0.1, 0.15) is 27.2 Å². The molecule has 12 heavy (non-hydrogen) atoms. The maximum absolute atomic E-state index is 10.7. The van der Waals surface area contributed by atoms with E-state index in [2.05, 4.69) is 18.6 Å². The van der Waals surface area contributed by atoms with Crippen molar-refractivity contribution >= 4 is 6.16 Å². The highest BCUT2D eigenvalue weighted by Crippen LogP contribution is 2.07. The lowest BCUT2D eigenvalue weighted by Gasteiger charge is -2.13. The summed E-state index contributed by atoms with van der Waals surface area (Å²) in [4.78, 5) is 10.7. The number of hydrogen-bond acceptors (Lipinski definition) is 3. The van der Waals surface area contributed by atoms with E-state index in [1.165, 1.54) is 0 Å². The third-order valence-electron chi connectivity index (χ3n) is 1.29. The smallest absolute Gasteiger partial charge is 0.431 e. The van der Waals surface area contributed by atoms with Crippen LogP contribution in [-0.2, 0) is 9.47 Å². The Morgan fingerprint density at radius 3 is 2.42 bits per heavy atom.